The number of rotatable bonds is 2. The summed E-state index contributed by atoms with van der Waals surface area (Å²) in [5, 5.41) is 0. The van der Waals surface area contributed by atoms with E-state index in [0.717, 1.165) is 11.1 Å². The third-order valence-corrected chi connectivity index (χ3v) is 1.53. The van der Waals surface area contributed by atoms with Crippen LogP contribution in [-0.4, -0.2) is 12.1 Å². The van der Waals surface area contributed by atoms with Crippen LogP contribution in [0.3, 0.4) is 0 Å². The minimum Gasteiger partial charge on any atom is -0.481 e. The Balaban J connectivity index is 3.20. The van der Waals surface area contributed by atoms with Crippen molar-refractivity contribution in [3.8, 4) is 5.88 Å². The molecule has 1 aromatic heterocycles. The van der Waals surface area contributed by atoms with Gasteiger partial charge < -0.3 is 10.5 Å². The van der Waals surface area contributed by atoms with Crippen LogP contribution >= 0.6 is 0 Å². The van der Waals surface area contributed by atoms with Crippen molar-refractivity contribution in [3.63, 3.8) is 0 Å². The van der Waals surface area contributed by atoms with Crippen molar-refractivity contribution in [2.45, 2.75) is 6.92 Å². The van der Waals surface area contributed by atoms with Gasteiger partial charge in [-0.15, -0.1) is 0 Å². The van der Waals surface area contributed by atoms with E-state index in [1.54, 1.807) is 13.2 Å². The largest absolute Gasteiger partial charge is 0.481 e. The molecular formula is C9H12N2O. The molecule has 0 bridgehead atoms. The zero-order valence-electron chi connectivity index (χ0n) is 7.29. The van der Waals surface area contributed by atoms with Crippen LogP contribution in [0.4, 0.5) is 5.82 Å². The van der Waals surface area contributed by atoms with Crippen molar-refractivity contribution in [1.82, 2.24) is 4.98 Å². The fourth-order valence-electron chi connectivity index (χ4n) is 0.935. The molecule has 12 heavy (non-hydrogen) atoms. The molecule has 0 spiro atoms. The number of methoxy groups -OCH3 is 1. The Morgan fingerprint density at radius 3 is 2.75 bits per heavy atom. The molecule has 0 radical (unpaired) electrons. The maximum atomic E-state index is 5.48. The van der Waals surface area contributed by atoms with Crippen molar-refractivity contribution >= 4 is 11.4 Å². The number of pyridine rings is 1. The van der Waals surface area contributed by atoms with Gasteiger partial charge in [0.05, 0.1) is 7.11 Å². The number of allylic oxidation sites excluding steroid dienone is 1. The second-order valence-corrected chi connectivity index (χ2v) is 2.57. The van der Waals surface area contributed by atoms with Crippen molar-refractivity contribution in [2.24, 2.45) is 0 Å². The van der Waals surface area contributed by atoms with Gasteiger partial charge in [-0.05, 0) is 24.6 Å². The van der Waals surface area contributed by atoms with Crippen LogP contribution in [0.15, 0.2) is 18.7 Å². The van der Waals surface area contributed by atoms with Crippen LogP contribution in [0.25, 0.3) is 5.57 Å². The second-order valence-electron chi connectivity index (χ2n) is 2.57. The summed E-state index contributed by atoms with van der Waals surface area (Å²) < 4.78 is 5.04. The number of nitrogens with two attached hydrogens (primary N) is 1. The summed E-state index contributed by atoms with van der Waals surface area (Å²) in [5.74, 6) is 0.986. The number of hydrogen-bond acceptors (Lipinski definition) is 3. The highest BCUT2D eigenvalue weighted by molar-refractivity contribution is 5.66. The number of anilines is 1. The zero-order valence-corrected chi connectivity index (χ0v) is 7.29. The molecule has 64 valence electrons. The molecule has 0 amide bonds. The van der Waals surface area contributed by atoms with Crippen molar-refractivity contribution in [3.05, 3.63) is 24.3 Å². The average molecular weight is 164 g/mol. The standard InChI is InChI=1S/C9H12N2O/c1-6(2)7-4-5-8(10)11-9(7)12-3/h4-5H,1H2,2-3H3,(H2,10,11). The highest BCUT2D eigenvalue weighted by atomic mass is 16.5. The van der Waals surface area contributed by atoms with E-state index in [1.807, 2.05) is 13.0 Å². The second kappa shape index (κ2) is 3.26. The molecule has 0 aliphatic heterocycles. The molecule has 1 heterocycles. The van der Waals surface area contributed by atoms with Gasteiger partial charge in [0, 0.05) is 5.56 Å². The monoisotopic (exact) mass is 164 g/mol. The van der Waals surface area contributed by atoms with Crippen molar-refractivity contribution in [2.75, 3.05) is 12.8 Å². The Labute approximate surface area is 71.9 Å². The zero-order chi connectivity index (χ0) is 9.14. The number of hydrogen-bond donors (Lipinski definition) is 1. The lowest BCUT2D eigenvalue weighted by atomic mass is 10.1. The Morgan fingerprint density at radius 1 is 1.58 bits per heavy atom. The normalized spacial score (nSPS) is 9.50. The molecule has 0 aliphatic rings. The highest BCUT2D eigenvalue weighted by Crippen LogP contribution is 2.22. The topological polar surface area (TPSA) is 48.1 Å². The lowest BCUT2D eigenvalue weighted by molar-refractivity contribution is 0.397. The number of ether oxygens (including phenoxy) is 1. The van der Waals surface area contributed by atoms with Crippen LogP contribution in [0, 0.1) is 0 Å². The third kappa shape index (κ3) is 1.56. The molecule has 3 nitrogen and oxygen atoms in total. The summed E-state index contributed by atoms with van der Waals surface area (Å²) in [5.41, 5.74) is 7.29. The van der Waals surface area contributed by atoms with E-state index in [1.165, 1.54) is 0 Å². The summed E-state index contributed by atoms with van der Waals surface area (Å²) in [6.07, 6.45) is 0. The van der Waals surface area contributed by atoms with Gasteiger partial charge in [0.15, 0.2) is 0 Å². The molecule has 0 saturated heterocycles. The van der Waals surface area contributed by atoms with E-state index in [9.17, 15) is 0 Å². The van der Waals surface area contributed by atoms with E-state index >= 15 is 0 Å². The van der Waals surface area contributed by atoms with Crippen molar-refractivity contribution in [1.29, 1.82) is 0 Å². The number of aromatic nitrogens is 1. The highest BCUT2D eigenvalue weighted by Gasteiger charge is 2.04. The smallest absolute Gasteiger partial charge is 0.222 e. The molecule has 0 unspecified atom stereocenters. The average Bonchev–Trinajstić information content (AvgIpc) is 2.03. The minimum absolute atomic E-state index is 0.455. The molecule has 1 rings (SSSR count). The SMILES string of the molecule is C=C(C)c1ccc(N)nc1OC. The number of nitrogen functional groups attached to an aromatic ring is 1. The van der Waals surface area contributed by atoms with E-state index in [0.29, 0.717) is 11.7 Å². The molecule has 0 atom stereocenters. The quantitative estimate of drug-likeness (QED) is 0.723. The van der Waals surface area contributed by atoms with E-state index in [-0.39, 0.29) is 0 Å². The fourth-order valence-corrected chi connectivity index (χ4v) is 0.935. The molecule has 0 aliphatic carbocycles. The first-order chi connectivity index (χ1) is 5.65. The summed E-state index contributed by atoms with van der Waals surface area (Å²) >= 11 is 0. The Kier molecular flexibility index (Phi) is 2.33. The van der Waals surface area contributed by atoms with Gasteiger partial charge in [0.1, 0.15) is 5.82 Å². The molecule has 0 aromatic carbocycles. The summed E-state index contributed by atoms with van der Waals surface area (Å²) in [6.45, 7) is 5.70. The predicted molar refractivity (Wildman–Crippen MR) is 49.9 cm³/mol. The molecule has 0 fully saturated rings. The first-order valence-electron chi connectivity index (χ1n) is 3.61. The predicted octanol–water partition coefficient (Wildman–Crippen LogP) is 1.71. The first-order valence-corrected chi connectivity index (χ1v) is 3.61. The Morgan fingerprint density at radius 2 is 2.25 bits per heavy atom. The van der Waals surface area contributed by atoms with Gasteiger partial charge in [-0.3, -0.25) is 0 Å². The number of nitrogens with zero attached hydrogens (tertiary/aromatic N) is 1. The summed E-state index contributed by atoms with van der Waals surface area (Å²) in [4.78, 5) is 4.01. The van der Waals surface area contributed by atoms with Crippen molar-refractivity contribution < 1.29 is 4.74 Å². The lowest BCUT2D eigenvalue weighted by Crippen LogP contribution is -1.96. The van der Waals surface area contributed by atoms with Gasteiger partial charge >= 0.3 is 0 Å². The van der Waals surface area contributed by atoms with Crippen LogP contribution in [0.5, 0.6) is 5.88 Å². The molecule has 1 aromatic rings. The molecule has 3 heteroatoms. The lowest BCUT2D eigenvalue weighted by Gasteiger charge is -2.06. The Bertz CT molecular complexity index is 307. The summed E-state index contributed by atoms with van der Waals surface area (Å²) in [6, 6.07) is 3.58. The van der Waals surface area contributed by atoms with E-state index in [4.69, 9.17) is 10.5 Å². The van der Waals surface area contributed by atoms with Crippen LogP contribution < -0.4 is 10.5 Å². The van der Waals surface area contributed by atoms with Crippen LogP contribution in [0.1, 0.15) is 12.5 Å². The minimum atomic E-state index is 0.455. The third-order valence-electron chi connectivity index (χ3n) is 1.53. The summed E-state index contributed by atoms with van der Waals surface area (Å²) in [7, 11) is 1.56. The van der Waals surface area contributed by atoms with Gasteiger partial charge in [-0.25, -0.2) is 0 Å². The van der Waals surface area contributed by atoms with Gasteiger partial charge in [-0.2, -0.15) is 4.98 Å². The van der Waals surface area contributed by atoms with Crippen LogP contribution in [0.2, 0.25) is 0 Å². The van der Waals surface area contributed by atoms with E-state index < -0.39 is 0 Å². The van der Waals surface area contributed by atoms with Crippen LogP contribution in [-0.2, 0) is 0 Å². The van der Waals surface area contributed by atoms with E-state index in [2.05, 4.69) is 11.6 Å². The molecule has 0 saturated carbocycles. The Hall–Kier alpha value is -1.51. The fraction of sp³-hybridized carbons (Fsp3) is 0.222. The molecule has 2 N–H and O–H groups in total. The van der Waals surface area contributed by atoms with Gasteiger partial charge in [0.25, 0.3) is 0 Å². The first kappa shape index (κ1) is 8.59. The van der Waals surface area contributed by atoms with Gasteiger partial charge in [0.2, 0.25) is 5.88 Å². The maximum absolute atomic E-state index is 5.48. The maximum Gasteiger partial charge on any atom is 0.222 e. The van der Waals surface area contributed by atoms with Gasteiger partial charge in [-0.1, -0.05) is 6.58 Å². The molecular weight excluding hydrogens is 152 g/mol.